The number of sulfonamides is 1. The van der Waals surface area contributed by atoms with E-state index in [1.54, 1.807) is 10.5 Å². The Morgan fingerprint density at radius 3 is 2.78 bits per heavy atom. The fourth-order valence-electron chi connectivity index (χ4n) is 2.85. The Morgan fingerprint density at radius 1 is 1.35 bits per heavy atom. The predicted molar refractivity (Wildman–Crippen MR) is 88.1 cm³/mol. The maximum atomic E-state index is 11.5. The van der Waals surface area contributed by atoms with Crippen LogP contribution in [0.25, 0.3) is 11.3 Å². The zero-order valence-electron chi connectivity index (χ0n) is 13.1. The van der Waals surface area contributed by atoms with Crippen LogP contribution in [0.5, 0.6) is 0 Å². The second-order valence-electron chi connectivity index (χ2n) is 5.83. The van der Waals surface area contributed by atoms with Crippen LogP contribution < -0.4 is 5.32 Å². The van der Waals surface area contributed by atoms with Crippen LogP contribution >= 0.6 is 0 Å². The van der Waals surface area contributed by atoms with Gasteiger partial charge in [-0.05, 0) is 25.0 Å². The third-order valence-corrected chi connectivity index (χ3v) is 5.48. The highest BCUT2D eigenvalue weighted by molar-refractivity contribution is 7.88. The predicted octanol–water partition coefficient (Wildman–Crippen LogP) is 0.985. The van der Waals surface area contributed by atoms with Crippen LogP contribution in [0.3, 0.4) is 0 Å². The van der Waals surface area contributed by atoms with E-state index in [-0.39, 0.29) is 0 Å². The van der Waals surface area contributed by atoms with Crippen molar-refractivity contribution in [1.29, 1.82) is 0 Å². The van der Waals surface area contributed by atoms with Crippen LogP contribution in [-0.4, -0.2) is 53.3 Å². The molecular weight excluding hydrogens is 314 g/mol. The van der Waals surface area contributed by atoms with Gasteiger partial charge < -0.3 is 5.32 Å². The van der Waals surface area contributed by atoms with Crippen molar-refractivity contribution in [3.8, 4) is 11.3 Å². The zero-order chi connectivity index (χ0) is 16.3. The third-order valence-electron chi connectivity index (χ3n) is 4.17. The number of nitrogens with one attached hydrogen (secondary N) is 2. The summed E-state index contributed by atoms with van der Waals surface area (Å²) in [7, 11) is -3.07. The first kappa shape index (κ1) is 16.1. The number of nitrogens with zero attached hydrogens (tertiary/aromatic N) is 3. The summed E-state index contributed by atoms with van der Waals surface area (Å²) in [4.78, 5) is 4.13. The van der Waals surface area contributed by atoms with Gasteiger partial charge in [-0.15, -0.1) is 0 Å². The quantitative estimate of drug-likeness (QED) is 0.850. The molecule has 0 aliphatic carbocycles. The Hall–Kier alpha value is -1.77. The first-order valence-corrected chi connectivity index (χ1v) is 9.50. The molecule has 0 radical (unpaired) electrons. The van der Waals surface area contributed by atoms with E-state index >= 15 is 0 Å². The minimum absolute atomic E-state index is 0.324. The molecule has 3 rings (SSSR count). The van der Waals surface area contributed by atoms with Crippen LogP contribution in [-0.2, 0) is 16.6 Å². The van der Waals surface area contributed by atoms with Gasteiger partial charge in [0.15, 0.2) is 0 Å². The van der Waals surface area contributed by atoms with Gasteiger partial charge in [-0.25, -0.2) is 12.7 Å². The molecule has 0 bridgehead atoms. The molecule has 1 saturated heterocycles. The monoisotopic (exact) mass is 335 g/mol. The van der Waals surface area contributed by atoms with E-state index in [4.69, 9.17) is 0 Å². The first-order valence-electron chi connectivity index (χ1n) is 7.65. The normalized spacial score (nSPS) is 17.4. The molecule has 0 amide bonds. The molecule has 1 aliphatic rings. The summed E-state index contributed by atoms with van der Waals surface area (Å²) < 4.78 is 24.6. The van der Waals surface area contributed by atoms with Gasteiger partial charge >= 0.3 is 0 Å². The van der Waals surface area contributed by atoms with Gasteiger partial charge in [-0.3, -0.25) is 10.1 Å². The molecule has 23 heavy (non-hydrogen) atoms. The molecular formula is C15H21N5O2S. The first-order chi connectivity index (χ1) is 11.0. The van der Waals surface area contributed by atoms with Gasteiger partial charge in [-0.2, -0.15) is 5.10 Å². The van der Waals surface area contributed by atoms with Crippen molar-refractivity contribution in [3.63, 3.8) is 0 Å². The Morgan fingerprint density at radius 2 is 2.13 bits per heavy atom. The number of pyridine rings is 1. The van der Waals surface area contributed by atoms with Crippen LogP contribution in [0.2, 0.25) is 0 Å². The van der Waals surface area contributed by atoms with E-state index in [9.17, 15) is 8.42 Å². The van der Waals surface area contributed by atoms with Gasteiger partial charge in [-0.1, -0.05) is 0 Å². The lowest BCUT2D eigenvalue weighted by atomic mass is 10.1. The maximum Gasteiger partial charge on any atom is 0.211 e. The Labute approximate surface area is 136 Å². The summed E-state index contributed by atoms with van der Waals surface area (Å²) in [5.41, 5.74) is 3.07. The summed E-state index contributed by atoms with van der Waals surface area (Å²) in [6.45, 7) is 1.86. The molecule has 1 fully saturated rings. The van der Waals surface area contributed by atoms with E-state index in [0.717, 1.165) is 29.7 Å². The van der Waals surface area contributed by atoms with Crippen molar-refractivity contribution in [3.05, 3.63) is 36.3 Å². The summed E-state index contributed by atoms with van der Waals surface area (Å²) in [6, 6.07) is 4.22. The number of rotatable bonds is 5. The Bertz CT molecular complexity index is 736. The lowest BCUT2D eigenvalue weighted by Crippen LogP contribution is -2.44. The summed E-state index contributed by atoms with van der Waals surface area (Å²) in [5, 5.41) is 10.6. The van der Waals surface area contributed by atoms with E-state index in [2.05, 4.69) is 20.5 Å². The van der Waals surface area contributed by atoms with Gasteiger partial charge in [0.05, 0.1) is 18.1 Å². The van der Waals surface area contributed by atoms with E-state index in [0.29, 0.717) is 25.7 Å². The second kappa shape index (κ2) is 6.77. The minimum Gasteiger partial charge on any atom is -0.310 e. The molecule has 0 aromatic carbocycles. The number of aromatic nitrogens is 3. The van der Waals surface area contributed by atoms with Crippen molar-refractivity contribution in [1.82, 2.24) is 24.8 Å². The van der Waals surface area contributed by atoms with Crippen LogP contribution in [0, 0.1) is 0 Å². The standard InChI is InChI=1S/C15H21N5O2S/c1-23(21,22)20-7-4-14(5-8-20)17-10-13-11-18-19-15(13)12-3-2-6-16-9-12/h2-3,6,9,11,14,17H,4-5,7-8,10H2,1H3,(H,18,19). The number of H-pyrrole nitrogens is 1. The highest BCUT2D eigenvalue weighted by atomic mass is 32.2. The molecule has 124 valence electrons. The summed E-state index contributed by atoms with van der Waals surface area (Å²) in [6.07, 6.45) is 8.29. The fourth-order valence-corrected chi connectivity index (χ4v) is 3.73. The highest BCUT2D eigenvalue weighted by Crippen LogP contribution is 2.20. The fraction of sp³-hybridized carbons (Fsp3) is 0.467. The van der Waals surface area contributed by atoms with Crippen molar-refractivity contribution in [2.45, 2.75) is 25.4 Å². The van der Waals surface area contributed by atoms with E-state index in [1.165, 1.54) is 6.26 Å². The third kappa shape index (κ3) is 3.95. The summed E-state index contributed by atoms with van der Waals surface area (Å²) >= 11 is 0. The van der Waals surface area contributed by atoms with Crippen LogP contribution in [0.15, 0.2) is 30.7 Å². The lowest BCUT2D eigenvalue weighted by molar-refractivity contribution is 0.290. The van der Waals surface area contributed by atoms with Crippen LogP contribution in [0.1, 0.15) is 18.4 Å². The molecule has 1 aliphatic heterocycles. The maximum absolute atomic E-state index is 11.5. The Balaban J connectivity index is 1.58. The van der Waals surface area contributed by atoms with E-state index in [1.807, 2.05) is 24.5 Å². The van der Waals surface area contributed by atoms with Crippen molar-refractivity contribution < 1.29 is 8.42 Å². The average Bonchev–Trinajstić information content (AvgIpc) is 3.02. The van der Waals surface area contributed by atoms with Gasteiger partial charge in [0.25, 0.3) is 0 Å². The van der Waals surface area contributed by atoms with Gasteiger partial charge in [0.1, 0.15) is 0 Å². The Kier molecular flexibility index (Phi) is 4.74. The average molecular weight is 335 g/mol. The van der Waals surface area contributed by atoms with Crippen molar-refractivity contribution >= 4 is 10.0 Å². The zero-order valence-corrected chi connectivity index (χ0v) is 13.9. The lowest BCUT2D eigenvalue weighted by Gasteiger charge is -2.30. The molecule has 0 saturated carbocycles. The molecule has 8 heteroatoms. The van der Waals surface area contributed by atoms with Crippen molar-refractivity contribution in [2.24, 2.45) is 0 Å². The number of hydrogen-bond acceptors (Lipinski definition) is 5. The molecule has 2 N–H and O–H groups in total. The number of aromatic amines is 1. The van der Waals surface area contributed by atoms with Gasteiger partial charge in [0.2, 0.25) is 10.0 Å². The van der Waals surface area contributed by atoms with Gasteiger partial charge in [0, 0.05) is 49.2 Å². The minimum atomic E-state index is -3.07. The van der Waals surface area contributed by atoms with E-state index < -0.39 is 10.0 Å². The molecule has 2 aromatic rings. The SMILES string of the molecule is CS(=O)(=O)N1CCC(NCc2cn[nH]c2-c2cccnc2)CC1. The topological polar surface area (TPSA) is 91.0 Å². The highest BCUT2D eigenvalue weighted by Gasteiger charge is 2.24. The largest absolute Gasteiger partial charge is 0.310 e. The van der Waals surface area contributed by atoms with Crippen LogP contribution in [0.4, 0.5) is 0 Å². The second-order valence-corrected chi connectivity index (χ2v) is 7.81. The number of hydrogen-bond donors (Lipinski definition) is 2. The number of piperidine rings is 1. The molecule has 2 aromatic heterocycles. The molecule has 0 unspecified atom stereocenters. The summed E-state index contributed by atoms with van der Waals surface area (Å²) in [5.74, 6) is 0. The van der Waals surface area contributed by atoms with Crippen molar-refractivity contribution in [2.75, 3.05) is 19.3 Å². The molecule has 0 spiro atoms. The smallest absolute Gasteiger partial charge is 0.211 e. The molecule has 3 heterocycles. The molecule has 0 atom stereocenters. The molecule has 7 nitrogen and oxygen atoms in total.